The molecule has 1 saturated heterocycles. The molecular formula is C26H21F3N2O2. The molecular weight excluding hydrogens is 429 g/mol. The Labute approximate surface area is 189 Å². The Morgan fingerprint density at radius 2 is 1.45 bits per heavy atom. The fraction of sp³-hybridized carbons (Fsp3) is 0.231. The molecule has 1 spiro atoms. The minimum absolute atomic E-state index is 0.167. The molecule has 3 aromatic carbocycles. The van der Waals surface area contributed by atoms with Crippen molar-refractivity contribution in [3.8, 4) is 0 Å². The Bertz CT molecular complexity index is 1200. The lowest BCUT2D eigenvalue weighted by atomic mass is 9.75. The van der Waals surface area contributed by atoms with E-state index in [0.29, 0.717) is 16.8 Å². The van der Waals surface area contributed by atoms with Crippen molar-refractivity contribution in [1.29, 1.82) is 0 Å². The summed E-state index contributed by atoms with van der Waals surface area (Å²) in [6.45, 7) is -1.28. The number of alkyl halides is 3. The van der Waals surface area contributed by atoms with Crippen LogP contribution >= 0.6 is 0 Å². The second kappa shape index (κ2) is 7.76. The van der Waals surface area contributed by atoms with Crippen LogP contribution in [0.4, 0.5) is 18.9 Å². The predicted molar refractivity (Wildman–Crippen MR) is 117 cm³/mol. The molecule has 3 aromatic rings. The molecule has 168 valence electrons. The SMILES string of the molecule is O=C1C[C@H](c2ccccc2)[C@]2(C(=O)N(Cc3ccccc3)c3ccccc32)N1CC(F)(F)F. The van der Waals surface area contributed by atoms with Crippen molar-refractivity contribution in [3.05, 3.63) is 102 Å². The number of halogens is 3. The van der Waals surface area contributed by atoms with Crippen LogP contribution in [0, 0.1) is 0 Å². The van der Waals surface area contributed by atoms with E-state index in [0.717, 1.165) is 10.5 Å². The van der Waals surface area contributed by atoms with E-state index in [2.05, 4.69) is 0 Å². The lowest BCUT2D eigenvalue weighted by molar-refractivity contribution is -0.170. The molecule has 0 N–H and O–H groups in total. The molecule has 2 atom stereocenters. The summed E-state index contributed by atoms with van der Waals surface area (Å²) in [5, 5.41) is 0. The van der Waals surface area contributed by atoms with Crippen LogP contribution in [0.3, 0.4) is 0 Å². The van der Waals surface area contributed by atoms with Crippen LogP contribution in [0.15, 0.2) is 84.9 Å². The van der Waals surface area contributed by atoms with Gasteiger partial charge in [0.05, 0.1) is 12.2 Å². The molecule has 2 heterocycles. The summed E-state index contributed by atoms with van der Waals surface area (Å²) < 4.78 is 41.0. The van der Waals surface area contributed by atoms with Gasteiger partial charge in [-0.2, -0.15) is 13.2 Å². The standard InChI is InChI=1S/C26H21F3N2O2/c27-25(28,29)17-31-23(32)15-21(19-11-5-2-6-12-19)26(31)20-13-7-8-14-22(20)30(24(26)33)16-18-9-3-1-4-10-18/h1-14,21H,15-17H2/t21-,26-/m1/s1. The highest BCUT2D eigenvalue weighted by Crippen LogP contribution is 2.57. The number of fused-ring (bicyclic) bond motifs is 2. The zero-order chi connectivity index (χ0) is 23.2. The molecule has 5 rings (SSSR count). The number of para-hydroxylation sites is 1. The first-order chi connectivity index (χ1) is 15.8. The predicted octanol–water partition coefficient (Wildman–Crippen LogP) is 5.01. The molecule has 0 bridgehead atoms. The fourth-order valence-electron chi connectivity index (χ4n) is 5.24. The van der Waals surface area contributed by atoms with Crippen molar-refractivity contribution in [2.45, 2.75) is 30.6 Å². The first-order valence-electron chi connectivity index (χ1n) is 10.7. The van der Waals surface area contributed by atoms with E-state index in [1.807, 2.05) is 30.3 Å². The van der Waals surface area contributed by atoms with E-state index >= 15 is 0 Å². The van der Waals surface area contributed by atoms with Gasteiger partial charge in [0.15, 0.2) is 5.54 Å². The summed E-state index contributed by atoms with van der Waals surface area (Å²) in [6, 6.07) is 25.0. The summed E-state index contributed by atoms with van der Waals surface area (Å²) in [7, 11) is 0. The van der Waals surface area contributed by atoms with Gasteiger partial charge in [-0.3, -0.25) is 9.59 Å². The van der Waals surface area contributed by atoms with Crippen molar-refractivity contribution in [1.82, 2.24) is 4.90 Å². The zero-order valence-electron chi connectivity index (χ0n) is 17.6. The van der Waals surface area contributed by atoms with Crippen LogP contribution in [0.2, 0.25) is 0 Å². The minimum atomic E-state index is -4.64. The molecule has 0 unspecified atom stereocenters. The molecule has 0 radical (unpaired) electrons. The maximum absolute atomic E-state index is 14.2. The van der Waals surface area contributed by atoms with Gasteiger partial charge in [-0.1, -0.05) is 78.9 Å². The molecule has 0 aromatic heterocycles. The summed E-state index contributed by atoms with van der Waals surface area (Å²) in [6.07, 6.45) is -4.81. The van der Waals surface area contributed by atoms with E-state index in [9.17, 15) is 22.8 Å². The summed E-state index contributed by atoms with van der Waals surface area (Å²) in [5.41, 5.74) is 0.740. The number of anilines is 1. The Kier molecular flexibility index (Phi) is 5.00. The topological polar surface area (TPSA) is 40.6 Å². The van der Waals surface area contributed by atoms with Crippen molar-refractivity contribution in [2.24, 2.45) is 0 Å². The first-order valence-corrected chi connectivity index (χ1v) is 10.7. The minimum Gasteiger partial charge on any atom is -0.314 e. The number of benzene rings is 3. The number of rotatable bonds is 4. The van der Waals surface area contributed by atoms with Crippen molar-refractivity contribution in [2.75, 3.05) is 11.4 Å². The van der Waals surface area contributed by atoms with E-state index in [4.69, 9.17) is 0 Å². The Hall–Kier alpha value is -3.61. The Morgan fingerprint density at radius 3 is 2.12 bits per heavy atom. The zero-order valence-corrected chi connectivity index (χ0v) is 17.6. The van der Waals surface area contributed by atoms with Crippen LogP contribution in [-0.2, 0) is 21.7 Å². The molecule has 2 aliphatic heterocycles. The number of carbonyl (C=O) groups is 2. The van der Waals surface area contributed by atoms with Crippen LogP contribution in [0.1, 0.15) is 29.0 Å². The number of likely N-dealkylation sites (tertiary alicyclic amines) is 1. The van der Waals surface area contributed by atoms with Gasteiger partial charge in [0.2, 0.25) is 5.91 Å². The quantitative estimate of drug-likeness (QED) is 0.561. The molecule has 2 aliphatic rings. The second-order valence-electron chi connectivity index (χ2n) is 8.42. The fourth-order valence-corrected chi connectivity index (χ4v) is 5.24. The van der Waals surface area contributed by atoms with Crippen LogP contribution in [0.25, 0.3) is 0 Å². The number of nitrogens with zero attached hydrogens (tertiary/aromatic N) is 2. The number of carbonyl (C=O) groups excluding carboxylic acids is 2. The molecule has 1 fully saturated rings. The van der Waals surface area contributed by atoms with Gasteiger partial charge in [0, 0.05) is 17.9 Å². The van der Waals surface area contributed by atoms with Gasteiger partial charge >= 0.3 is 6.18 Å². The van der Waals surface area contributed by atoms with Gasteiger partial charge < -0.3 is 9.80 Å². The molecule has 33 heavy (non-hydrogen) atoms. The number of amides is 2. The lowest BCUT2D eigenvalue weighted by Gasteiger charge is -2.38. The van der Waals surface area contributed by atoms with Crippen LogP contribution in [-0.4, -0.2) is 29.4 Å². The van der Waals surface area contributed by atoms with Gasteiger partial charge in [-0.25, -0.2) is 0 Å². The highest BCUT2D eigenvalue weighted by molar-refractivity contribution is 6.11. The third kappa shape index (κ3) is 3.39. The molecule has 7 heteroatoms. The van der Waals surface area contributed by atoms with Gasteiger partial charge in [-0.15, -0.1) is 0 Å². The Morgan fingerprint density at radius 1 is 0.848 bits per heavy atom. The lowest BCUT2D eigenvalue weighted by Crippen LogP contribution is -2.55. The summed E-state index contributed by atoms with van der Waals surface area (Å²) in [4.78, 5) is 29.5. The van der Waals surface area contributed by atoms with Crippen molar-refractivity contribution < 1.29 is 22.8 Å². The molecule has 4 nitrogen and oxygen atoms in total. The van der Waals surface area contributed by atoms with Crippen molar-refractivity contribution in [3.63, 3.8) is 0 Å². The monoisotopic (exact) mass is 450 g/mol. The highest BCUT2D eigenvalue weighted by atomic mass is 19.4. The van der Waals surface area contributed by atoms with Crippen molar-refractivity contribution >= 4 is 17.5 Å². The van der Waals surface area contributed by atoms with Gasteiger partial charge in [0.25, 0.3) is 5.91 Å². The second-order valence-corrected chi connectivity index (χ2v) is 8.42. The molecule has 0 aliphatic carbocycles. The van der Waals surface area contributed by atoms with Gasteiger partial charge in [0.1, 0.15) is 6.54 Å². The molecule has 0 saturated carbocycles. The third-order valence-corrected chi connectivity index (χ3v) is 6.51. The van der Waals surface area contributed by atoms with Crippen LogP contribution < -0.4 is 4.90 Å². The maximum Gasteiger partial charge on any atom is 0.406 e. The number of hydrogen-bond acceptors (Lipinski definition) is 2. The van der Waals surface area contributed by atoms with E-state index < -0.39 is 36.0 Å². The van der Waals surface area contributed by atoms with Crippen LogP contribution in [0.5, 0.6) is 0 Å². The average Bonchev–Trinajstić information content (AvgIpc) is 3.22. The summed E-state index contributed by atoms with van der Waals surface area (Å²) >= 11 is 0. The molecule has 2 amide bonds. The van der Waals surface area contributed by atoms with E-state index in [1.54, 1.807) is 54.6 Å². The third-order valence-electron chi connectivity index (χ3n) is 6.51. The summed E-state index contributed by atoms with van der Waals surface area (Å²) in [5.74, 6) is -1.91. The smallest absolute Gasteiger partial charge is 0.314 e. The van der Waals surface area contributed by atoms with E-state index in [1.165, 1.54) is 4.90 Å². The first kappa shape index (κ1) is 21.2. The maximum atomic E-state index is 14.2. The highest BCUT2D eigenvalue weighted by Gasteiger charge is 2.66. The van der Waals surface area contributed by atoms with E-state index in [-0.39, 0.29) is 13.0 Å². The normalized spacial score (nSPS) is 22.3. The Balaban J connectivity index is 1.71. The number of hydrogen-bond donors (Lipinski definition) is 0. The largest absolute Gasteiger partial charge is 0.406 e. The van der Waals surface area contributed by atoms with Gasteiger partial charge in [-0.05, 0) is 17.2 Å². The average molecular weight is 450 g/mol.